The van der Waals surface area contributed by atoms with E-state index in [9.17, 15) is 8.78 Å². The molecule has 0 aliphatic rings. The standard InChI is InChI=1S/C13H7F2NS2/c14-9-1-2-10(11(15)5-9)12-7-18-13(16-12)8-3-4-17-6-8/h1-7H. The second-order valence-electron chi connectivity index (χ2n) is 3.67. The van der Waals surface area contributed by atoms with Crippen molar-refractivity contribution in [1.29, 1.82) is 0 Å². The van der Waals surface area contributed by atoms with Gasteiger partial charge in [-0.1, -0.05) is 0 Å². The molecule has 1 aromatic carbocycles. The Hall–Kier alpha value is -1.59. The van der Waals surface area contributed by atoms with Crippen LogP contribution in [0.3, 0.4) is 0 Å². The van der Waals surface area contributed by atoms with E-state index in [1.807, 2.05) is 16.8 Å². The van der Waals surface area contributed by atoms with Crippen LogP contribution in [0.1, 0.15) is 0 Å². The Kier molecular flexibility index (Phi) is 2.93. The third-order valence-electron chi connectivity index (χ3n) is 2.48. The van der Waals surface area contributed by atoms with E-state index in [2.05, 4.69) is 4.98 Å². The molecule has 0 saturated heterocycles. The highest BCUT2D eigenvalue weighted by Gasteiger charge is 2.11. The van der Waals surface area contributed by atoms with E-state index in [0.717, 1.165) is 16.6 Å². The normalized spacial score (nSPS) is 10.8. The molecule has 0 amide bonds. The van der Waals surface area contributed by atoms with E-state index < -0.39 is 11.6 Å². The van der Waals surface area contributed by atoms with Crippen LogP contribution in [0.15, 0.2) is 40.4 Å². The molecule has 0 bridgehead atoms. The summed E-state index contributed by atoms with van der Waals surface area (Å²) in [7, 11) is 0. The highest BCUT2D eigenvalue weighted by atomic mass is 32.1. The monoisotopic (exact) mass is 279 g/mol. The minimum atomic E-state index is -0.586. The van der Waals surface area contributed by atoms with Crippen LogP contribution in [-0.4, -0.2) is 4.98 Å². The molecule has 0 fully saturated rings. The van der Waals surface area contributed by atoms with Gasteiger partial charge in [-0.25, -0.2) is 13.8 Å². The zero-order valence-corrected chi connectivity index (χ0v) is 10.7. The minimum Gasteiger partial charge on any atom is -0.236 e. The Morgan fingerprint density at radius 2 is 1.94 bits per heavy atom. The number of rotatable bonds is 2. The molecule has 18 heavy (non-hydrogen) atoms. The minimum absolute atomic E-state index is 0.328. The van der Waals surface area contributed by atoms with Crippen LogP contribution in [0.25, 0.3) is 21.8 Å². The van der Waals surface area contributed by atoms with Crippen LogP contribution in [0.4, 0.5) is 8.78 Å². The summed E-state index contributed by atoms with van der Waals surface area (Å²) in [6, 6.07) is 5.49. The van der Waals surface area contributed by atoms with E-state index in [1.165, 1.54) is 23.5 Å². The highest BCUT2D eigenvalue weighted by Crippen LogP contribution is 2.31. The molecule has 0 atom stereocenters. The Labute approximate surface area is 110 Å². The first-order valence-electron chi connectivity index (χ1n) is 5.17. The van der Waals surface area contributed by atoms with Gasteiger partial charge in [0, 0.05) is 28.0 Å². The molecule has 2 heterocycles. The first-order chi connectivity index (χ1) is 8.74. The zero-order valence-electron chi connectivity index (χ0n) is 9.06. The van der Waals surface area contributed by atoms with E-state index >= 15 is 0 Å². The summed E-state index contributed by atoms with van der Waals surface area (Å²) >= 11 is 3.04. The first-order valence-corrected chi connectivity index (χ1v) is 7.00. The number of aromatic nitrogens is 1. The van der Waals surface area contributed by atoms with Gasteiger partial charge in [0.15, 0.2) is 0 Å². The number of hydrogen-bond acceptors (Lipinski definition) is 3. The van der Waals surface area contributed by atoms with Gasteiger partial charge in [-0.3, -0.25) is 0 Å². The van der Waals surface area contributed by atoms with Crippen molar-refractivity contribution in [3.63, 3.8) is 0 Å². The Balaban J connectivity index is 2.03. The van der Waals surface area contributed by atoms with Crippen LogP contribution in [0, 0.1) is 11.6 Å². The van der Waals surface area contributed by atoms with Gasteiger partial charge in [-0.05, 0) is 23.6 Å². The fraction of sp³-hybridized carbons (Fsp3) is 0. The van der Waals surface area contributed by atoms with E-state index in [4.69, 9.17) is 0 Å². The summed E-state index contributed by atoms with van der Waals surface area (Å²) in [6.45, 7) is 0. The molecule has 0 radical (unpaired) electrons. The van der Waals surface area contributed by atoms with Crippen LogP contribution in [-0.2, 0) is 0 Å². The molecule has 0 aliphatic heterocycles. The molecule has 90 valence electrons. The third-order valence-corrected chi connectivity index (χ3v) is 4.05. The van der Waals surface area contributed by atoms with Crippen LogP contribution in [0.2, 0.25) is 0 Å². The van der Waals surface area contributed by atoms with Crippen LogP contribution in [0.5, 0.6) is 0 Å². The maximum Gasteiger partial charge on any atom is 0.135 e. The van der Waals surface area contributed by atoms with Gasteiger partial charge < -0.3 is 0 Å². The average Bonchev–Trinajstić information content (AvgIpc) is 2.99. The quantitative estimate of drug-likeness (QED) is 0.655. The van der Waals surface area contributed by atoms with Crippen LogP contribution >= 0.6 is 22.7 Å². The Bertz CT molecular complexity index is 674. The summed E-state index contributed by atoms with van der Waals surface area (Å²) in [5, 5.41) is 6.58. The molecule has 1 nitrogen and oxygen atoms in total. The van der Waals surface area contributed by atoms with Crippen molar-refractivity contribution in [1.82, 2.24) is 4.98 Å². The van der Waals surface area contributed by atoms with Gasteiger partial charge in [0.05, 0.1) is 5.69 Å². The molecular weight excluding hydrogens is 272 g/mol. The smallest absolute Gasteiger partial charge is 0.135 e. The topological polar surface area (TPSA) is 12.9 Å². The lowest BCUT2D eigenvalue weighted by molar-refractivity contribution is 0.585. The van der Waals surface area contributed by atoms with Crippen molar-refractivity contribution >= 4 is 22.7 Å². The molecule has 5 heteroatoms. The van der Waals surface area contributed by atoms with Gasteiger partial charge >= 0.3 is 0 Å². The van der Waals surface area contributed by atoms with Gasteiger partial charge in [-0.2, -0.15) is 11.3 Å². The SMILES string of the molecule is Fc1ccc(-c2csc(-c3ccsc3)n2)c(F)c1. The van der Waals surface area contributed by atoms with Crippen LogP contribution < -0.4 is 0 Å². The fourth-order valence-corrected chi connectivity index (χ4v) is 3.15. The van der Waals surface area contributed by atoms with Crippen molar-refractivity contribution in [2.75, 3.05) is 0 Å². The summed E-state index contributed by atoms with van der Waals surface area (Å²) in [4.78, 5) is 4.38. The van der Waals surface area contributed by atoms with E-state index in [0.29, 0.717) is 11.3 Å². The lowest BCUT2D eigenvalue weighted by Gasteiger charge is -1.98. The zero-order chi connectivity index (χ0) is 12.5. The largest absolute Gasteiger partial charge is 0.236 e. The van der Waals surface area contributed by atoms with E-state index in [1.54, 1.807) is 16.7 Å². The van der Waals surface area contributed by atoms with Gasteiger partial charge in [0.1, 0.15) is 16.6 Å². The average molecular weight is 279 g/mol. The Morgan fingerprint density at radius 3 is 2.67 bits per heavy atom. The number of halogens is 2. The maximum atomic E-state index is 13.6. The van der Waals surface area contributed by atoms with Crippen molar-refractivity contribution in [2.24, 2.45) is 0 Å². The van der Waals surface area contributed by atoms with E-state index in [-0.39, 0.29) is 0 Å². The summed E-state index contributed by atoms with van der Waals surface area (Å²) < 4.78 is 26.4. The summed E-state index contributed by atoms with van der Waals surface area (Å²) in [6.07, 6.45) is 0. The van der Waals surface area contributed by atoms with Crippen molar-refractivity contribution < 1.29 is 8.78 Å². The lowest BCUT2D eigenvalue weighted by atomic mass is 10.1. The number of hydrogen-bond donors (Lipinski definition) is 0. The number of thiophene rings is 1. The second kappa shape index (κ2) is 4.59. The molecule has 0 N–H and O–H groups in total. The first kappa shape index (κ1) is 11.5. The molecule has 3 aromatic rings. The predicted octanol–water partition coefficient (Wildman–Crippen LogP) is 4.82. The highest BCUT2D eigenvalue weighted by molar-refractivity contribution is 7.14. The number of thiazole rings is 1. The van der Waals surface area contributed by atoms with Gasteiger partial charge in [-0.15, -0.1) is 11.3 Å². The second-order valence-corrected chi connectivity index (χ2v) is 5.31. The predicted molar refractivity (Wildman–Crippen MR) is 70.8 cm³/mol. The molecule has 3 rings (SSSR count). The number of benzene rings is 1. The molecular formula is C13H7F2NS2. The third kappa shape index (κ3) is 2.07. The van der Waals surface area contributed by atoms with Crippen molar-refractivity contribution in [2.45, 2.75) is 0 Å². The molecule has 0 saturated carbocycles. The lowest BCUT2D eigenvalue weighted by Crippen LogP contribution is -1.86. The fourth-order valence-electron chi connectivity index (χ4n) is 1.61. The summed E-state index contributed by atoms with van der Waals surface area (Å²) in [5.41, 5.74) is 1.89. The summed E-state index contributed by atoms with van der Waals surface area (Å²) in [5.74, 6) is -1.17. The molecule has 2 aromatic heterocycles. The molecule has 0 spiro atoms. The molecule has 0 unspecified atom stereocenters. The molecule has 0 aliphatic carbocycles. The van der Waals surface area contributed by atoms with Crippen molar-refractivity contribution in [3.05, 3.63) is 52.0 Å². The Morgan fingerprint density at radius 1 is 1.06 bits per heavy atom. The van der Waals surface area contributed by atoms with Gasteiger partial charge in [0.25, 0.3) is 0 Å². The maximum absolute atomic E-state index is 13.6. The number of nitrogens with zero attached hydrogens (tertiary/aromatic N) is 1. The van der Waals surface area contributed by atoms with Crippen molar-refractivity contribution in [3.8, 4) is 21.8 Å². The van der Waals surface area contributed by atoms with Gasteiger partial charge in [0.2, 0.25) is 0 Å².